The van der Waals surface area contributed by atoms with Crippen LogP contribution < -0.4 is 4.90 Å². The Labute approximate surface area is 114 Å². The maximum Gasteiger partial charge on any atom is 0.134 e. The van der Waals surface area contributed by atoms with Crippen molar-refractivity contribution < 1.29 is 0 Å². The number of piperidine rings is 1. The molecule has 1 saturated carbocycles. The monoisotopic (exact) mass is 265 g/mol. The third-order valence-electron chi connectivity index (χ3n) is 4.61. The first kappa shape index (κ1) is 12.2. The molecule has 18 heavy (non-hydrogen) atoms. The van der Waals surface area contributed by atoms with E-state index in [-0.39, 0.29) is 0 Å². The fraction of sp³-hybridized carbons (Fsp3) is 0.714. The molecule has 1 aliphatic carbocycles. The van der Waals surface area contributed by atoms with Gasteiger partial charge in [-0.15, -0.1) is 0 Å². The molecule has 0 aromatic carbocycles. The summed E-state index contributed by atoms with van der Waals surface area (Å²) in [5.41, 5.74) is 0.655. The summed E-state index contributed by atoms with van der Waals surface area (Å²) in [6.07, 6.45) is 8.35. The topological polar surface area (TPSA) is 29.0 Å². The van der Waals surface area contributed by atoms with E-state index < -0.39 is 0 Å². The molecule has 0 bridgehead atoms. The van der Waals surface area contributed by atoms with Crippen molar-refractivity contribution in [1.82, 2.24) is 9.97 Å². The molecule has 4 heteroatoms. The highest BCUT2D eigenvalue weighted by Crippen LogP contribution is 2.46. The van der Waals surface area contributed by atoms with Crippen LogP contribution in [0.25, 0.3) is 0 Å². The summed E-state index contributed by atoms with van der Waals surface area (Å²) in [6.45, 7) is 4.14. The smallest absolute Gasteiger partial charge is 0.134 e. The molecule has 0 atom stereocenters. The summed E-state index contributed by atoms with van der Waals surface area (Å²) in [5, 5.41) is 0.554. The lowest BCUT2D eigenvalue weighted by atomic mass is 9.77. The van der Waals surface area contributed by atoms with Crippen LogP contribution in [0, 0.1) is 12.3 Å². The standard InChI is InChI=1S/C14H20ClN3/c1-11-16-12(15)10-13(17-11)18-8-6-14(7-9-18)4-2-3-5-14/h10H,2-9H2,1H3. The van der Waals surface area contributed by atoms with Crippen molar-refractivity contribution in [2.24, 2.45) is 5.41 Å². The minimum absolute atomic E-state index is 0.554. The van der Waals surface area contributed by atoms with Crippen LogP contribution in [0.2, 0.25) is 5.15 Å². The molecule has 1 aromatic heterocycles. The van der Waals surface area contributed by atoms with Gasteiger partial charge in [0.25, 0.3) is 0 Å². The highest BCUT2D eigenvalue weighted by Gasteiger charge is 2.37. The number of aromatic nitrogens is 2. The Hall–Kier alpha value is -0.830. The minimum atomic E-state index is 0.554. The van der Waals surface area contributed by atoms with Crippen LogP contribution >= 0.6 is 11.6 Å². The number of halogens is 1. The maximum atomic E-state index is 6.01. The maximum absolute atomic E-state index is 6.01. The van der Waals surface area contributed by atoms with E-state index in [1.165, 1.54) is 38.5 Å². The molecular formula is C14H20ClN3. The van der Waals surface area contributed by atoms with Crippen LogP contribution in [0.15, 0.2) is 6.07 Å². The third kappa shape index (κ3) is 2.33. The quantitative estimate of drug-likeness (QED) is 0.727. The Kier molecular flexibility index (Phi) is 3.18. The molecule has 98 valence electrons. The normalized spacial score (nSPS) is 22.7. The molecule has 0 unspecified atom stereocenters. The second-order valence-corrected chi connectivity index (χ2v) is 6.18. The predicted octanol–water partition coefficient (Wildman–Crippen LogP) is 3.60. The molecule has 1 aromatic rings. The van der Waals surface area contributed by atoms with E-state index in [4.69, 9.17) is 11.6 Å². The van der Waals surface area contributed by atoms with Gasteiger partial charge < -0.3 is 4.90 Å². The van der Waals surface area contributed by atoms with E-state index in [2.05, 4.69) is 14.9 Å². The Morgan fingerprint density at radius 1 is 1.11 bits per heavy atom. The first-order valence-corrected chi connectivity index (χ1v) is 7.31. The molecule has 3 rings (SSSR count). The van der Waals surface area contributed by atoms with Crippen LogP contribution in [0.4, 0.5) is 5.82 Å². The molecular weight excluding hydrogens is 246 g/mol. The summed E-state index contributed by atoms with van der Waals surface area (Å²) < 4.78 is 0. The van der Waals surface area contributed by atoms with Crippen molar-refractivity contribution in [1.29, 1.82) is 0 Å². The van der Waals surface area contributed by atoms with Crippen molar-refractivity contribution >= 4 is 17.4 Å². The van der Waals surface area contributed by atoms with Gasteiger partial charge in [0.15, 0.2) is 0 Å². The van der Waals surface area contributed by atoms with E-state index in [9.17, 15) is 0 Å². The van der Waals surface area contributed by atoms with E-state index in [0.717, 1.165) is 24.7 Å². The average Bonchev–Trinajstić information content (AvgIpc) is 2.77. The molecule has 0 N–H and O–H groups in total. The van der Waals surface area contributed by atoms with Crippen LogP contribution in [-0.2, 0) is 0 Å². The van der Waals surface area contributed by atoms with Gasteiger partial charge in [-0.25, -0.2) is 9.97 Å². The molecule has 1 saturated heterocycles. The van der Waals surface area contributed by atoms with E-state index in [1.54, 1.807) is 0 Å². The Balaban J connectivity index is 1.72. The van der Waals surface area contributed by atoms with E-state index >= 15 is 0 Å². The van der Waals surface area contributed by atoms with Crippen LogP contribution in [0.1, 0.15) is 44.3 Å². The van der Waals surface area contributed by atoms with Crippen LogP contribution in [-0.4, -0.2) is 23.1 Å². The zero-order valence-electron chi connectivity index (χ0n) is 11.0. The molecule has 3 nitrogen and oxygen atoms in total. The summed E-state index contributed by atoms with van der Waals surface area (Å²) in [7, 11) is 0. The van der Waals surface area contributed by atoms with Gasteiger partial charge in [0.05, 0.1) is 0 Å². The lowest BCUT2D eigenvalue weighted by Crippen LogP contribution is -2.39. The Morgan fingerprint density at radius 3 is 2.39 bits per heavy atom. The first-order valence-electron chi connectivity index (χ1n) is 6.93. The summed E-state index contributed by atoms with van der Waals surface area (Å²) >= 11 is 6.01. The molecule has 0 amide bonds. The van der Waals surface area contributed by atoms with Gasteiger partial charge in [0.1, 0.15) is 16.8 Å². The lowest BCUT2D eigenvalue weighted by Gasteiger charge is -2.40. The number of rotatable bonds is 1. The zero-order chi connectivity index (χ0) is 12.6. The number of aryl methyl sites for hydroxylation is 1. The Bertz CT molecular complexity index is 410. The molecule has 2 aliphatic rings. The second-order valence-electron chi connectivity index (χ2n) is 5.79. The fourth-order valence-corrected chi connectivity index (χ4v) is 3.73. The highest BCUT2D eigenvalue weighted by molar-refractivity contribution is 6.29. The van der Waals surface area contributed by atoms with Gasteiger partial charge in [-0.05, 0) is 38.0 Å². The van der Waals surface area contributed by atoms with Gasteiger partial charge in [0.2, 0.25) is 0 Å². The molecule has 1 spiro atoms. The van der Waals surface area contributed by atoms with Gasteiger partial charge >= 0.3 is 0 Å². The summed E-state index contributed by atoms with van der Waals surface area (Å²) in [4.78, 5) is 11.0. The third-order valence-corrected chi connectivity index (χ3v) is 4.80. The predicted molar refractivity (Wildman–Crippen MR) is 74.1 cm³/mol. The van der Waals surface area contributed by atoms with Gasteiger partial charge in [0, 0.05) is 19.2 Å². The minimum Gasteiger partial charge on any atom is -0.356 e. The number of hydrogen-bond acceptors (Lipinski definition) is 3. The van der Waals surface area contributed by atoms with Crippen LogP contribution in [0.3, 0.4) is 0 Å². The summed E-state index contributed by atoms with van der Waals surface area (Å²) in [5.74, 6) is 1.76. The van der Waals surface area contributed by atoms with E-state index in [0.29, 0.717) is 10.6 Å². The van der Waals surface area contributed by atoms with Crippen molar-refractivity contribution in [3.8, 4) is 0 Å². The molecule has 0 radical (unpaired) electrons. The zero-order valence-corrected chi connectivity index (χ0v) is 11.7. The molecule has 2 fully saturated rings. The van der Waals surface area contributed by atoms with Gasteiger partial charge in [-0.3, -0.25) is 0 Å². The second kappa shape index (κ2) is 4.69. The van der Waals surface area contributed by atoms with Crippen molar-refractivity contribution in [3.05, 3.63) is 17.0 Å². The number of nitrogens with zero attached hydrogens (tertiary/aromatic N) is 3. The Morgan fingerprint density at radius 2 is 1.78 bits per heavy atom. The lowest BCUT2D eigenvalue weighted by molar-refractivity contribution is 0.226. The largest absolute Gasteiger partial charge is 0.356 e. The van der Waals surface area contributed by atoms with Crippen molar-refractivity contribution in [3.63, 3.8) is 0 Å². The van der Waals surface area contributed by atoms with Crippen LogP contribution in [0.5, 0.6) is 0 Å². The van der Waals surface area contributed by atoms with E-state index in [1.807, 2.05) is 13.0 Å². The molecule has 2 heterocycles. The number of hydrogen-bond donors (Lipinski definition) is 0. The van der Waals surface area contributed by atoms with Crippen molar-refractivity contribution in [2.45, 2.75) is 45.4 Å². The average molecular weight is 266 g/mol. The van der Waals surface area contributed by atoms with Gasteiger partial charge in [-0.2, -0.15) is 0 Å². The number of anilines is 1. The first-order chi connectivity index (χ1) is 8.67. The molecule has 1 aliphatic heterocycles. The highest BCUT2D eigenvalue weighted by atomic mass is 35.5. The van der Waals surface area contributed by atoms with Crippen molar-refractivity contribution in [2.75, 3.05) is 18.0 Å². The fourth-order valence-electron chi connectivity index (χ4n) is 3.51. The SMILES string of the molecule is Cc1nc(Cl)cc(N2CCC3(CCCC3)CC2)n1. The van der Waals surface area contributed by atoms with Gasteiger partial charge in [-0.1, -0.05) is 24.4 Å². The summed E-state index contributed by atoms with van der Waals surface area (Å²) in [6, 6.07) is 1.89.